The minimum Gasteiger partial charge on any atom is -0.301 e. The van der Waals surface area contributed by atoms with Crippen LogP contribution in [-0.4, -0.2) is 36.9 Å². The van der Waals surface area contributed by atoms with Gasteiger partial charge in [-0.1, -0.05) is 24.2 Å². The fourth-order valence-corrected chi connectivity index (χ4v) is 4.82. The Morgan fingerprint density at radius 2 is 2.05 bits per heavy atom. The number of hydrogen-bond acceptors (Lipinski definition) is 6. The van der Waals surface area contributed by atoms with E-state index in [1.54, 1.807) is 0 Å². The standard InChI is InChI=1S/C11H17ClN4O3S2/c1-8(17)14-9-15-16-10(20-9)21(18,19)13-7-11(6-12)4-2-3-5-11/h13H,2-7H2,1H3,(H,14,15,17). The van der Waals surface area contributed by atoms with Gasteiger partial charge in [0.1, 0.15) is 0 Å². The van der Waals surface area contributed by atoms with Crippen molar-refractivity contribution in [3.63, 3.8) is 0 Å². The molecule has 1 aromatic rings. The Kier molecular flexibility index (Phi) is 5.18. The molecular weight excluding hydrogens is 336 g/mol. The molecule has 2 rings (SSSR count). The molecule has 0 bridgehead atoms. The van der Waals surface area contributed by atoms with E-state index in [9.17, 15) is 13.2 Å². The van der Waals surface area contributed by atoms with Gasteiger partial charge in [0.25, 0.3) is 10.0 Å². The van der Waals surface area contributed by atoms with E-state index in [0.29, 0.717) is 12.4 Å². The molecule has 1 aliphatic rings. The molecule has 2 N–H and O–H groups in total. The van der Waals surface area contributed by atoms with Crippen molar-refractivity contribution in [2.24, 2.45) is 5.41 Å². The van der Waals surface area contributed by atoms with Crippen LogP contribution in [0.2, 0.25) is 0 Å². The largest absolute Gasteiger partial charge is 0.301 e. The number of anilines is 1. The smallest absolute Gasteiger partial charge is 0.269 e. The summed E-state index contributed by atoms with van der Waals surface area (Å²) in [5, 5.41) is 9.80. The highest BCUT2D eigenvalue weighted by Crippen LogP contribution is 2.38. The number of rotatable bonds is 6. The maximum atomic E-state index is 12.2. The Balaban J connectivity index is 2.04. The van der Waals surface area contributed by atoms with Crippen molar-refractivity contribution in [2.75, 3.05) is 17.7 Å². The van der Waals surface area contributed by atoms with Gasteiger partial charge >= 0.3 is 0 Å². The third-order valence-corrected chi connectivity index (χ3v) is 6.68. The second-order valence-electron chi connectivity index (χ2n) is 5.22. The Bertz CT molecular complexity index is 611. The first kappa shape index (κ1) is 16.6. The quantitative estimate of drug-likeness (QED) is 0.597. The minimum absolute atomic E-state index is 0.158. The predicted octanol–water partition coefficient (Wildman–Crippen LogP) is 1.57. The Morgan fingerprint density at radius 3 is 2.62 bits per heavy atom. The minimum atomic E-state index is -3.73. The summed E-state index contributed by atoms with van der Waals surface area (Å²) in [6.07, 6.45) is 3.98. The summed E-state index contributed by atoms with van der Waals surface area (Å²) in [6.45, 7) is 1.62. The lowest BCUT2D eigenvalue weighted by Crippen LogP contribution is -2.37. The molecule has 0 aliphatic heterocycles. The van der Waals surface area contributed by atoms with Gasteiger partial charge in [-0.2, -0.15) is 0 Å². The van der Waals surface area contributed by atoms with Gasteiger partial charge in [0.05, 0.1) is 0 Å². The number of alkyl halides is 1. The van der Waals surface area contributed by atoms with E-state index in [2.05, 4.69) is 20.2 Å². The fourth-order valence-electron chi connectivity index (χ4n) is 2.31. The summed E-state index contributed by atoms with van der Waals surface area (Å²) >= 11 is 6.81. The number of amides is 1. The molecule has 1 aromatic heterocycles. The molecule has 0 unspecified atom stereocenters. The second-order valence-corrected chi connectivity index (χ2v) is 8.41. The number of nitrogens with zero attached hydrogens (tertiary/aromatic N) is 2. The van der Waals surface area contributed by atoms with Crippen LogP contribution in [0.4, 0.5) is 5.13 Å². The van der Waals surface area contributed by atoms with Gasteiger partial charge in [0, 0.05) is 19.3 Å². The van der Waals surface area contributed by atoms with Gasteiger partial charge in [-0.15, -0.1) is 21.8 Å². The number of hydrogen-bond donors (Lipinski definition) is 2. The second kappa shape index (κ2) is 6.55. The van der Waals surface area contributed by atoms with Crippen molar-refractivity contribution in [2.45, 2.75) is 36.9 Å². The molecule has 1 fully saturated rings. The van der Waals surface area contributed by atoms with E-state index in [4.69, 9.17) is 11.6 Å². The molecule has 0 aromatic carbocycles. The van der Waals surface area contributed by atoms with Crippen LogP contribution in [0.25, 0.3) is 0 Å². The summed E-state index contributed by atoms with van der Waals surface area (Å²) < 4.78 is 26.8. The molecule has 7 nitrogen and oxygen atoms in total. The Morgan fingerprint density at radius 1 is 1.38 bits per heavy atom. The van der Waals surface area contributed by atoms with Gasteiger partial charge in [-0.05, 0) is 18.3 Å². The van der Waals surface area contributed by atoms with Gasteiger partial charge in [-0.3, -0.25) is 4.79 Å². The predicted molar refractivity (Wildman–Crippen MR) is 81.0 cm³/mol. The summed E-state index contributed by atoms with van der Waals surface area (Å²) in [5.74, 6) is 0.109. The van der Waals surface area contributed by atoms with E-state index in [1.165, 1.54) is 6.92 Å². The van der Waals surface area contributed by atoms with Crippen LogP contribution in [0, 0.1) is 5.41 Å². The van der Waals surface area contributed by atoms with Gasteiger partial charge < -0.3 is 5.32 Å². The molecule has 21 heavy (non-hydrogen) atoms. The van der Waals surface area contributed by atoms with Gasteiger partial charge in [0.15, 0.2) is 0 Å². The van der Waals surface area contributed by atoms with Crippen molar-refractivity contribution >= 4 is 44.0 Å². The number of sulfonamides is 1. The normalized spacial score (nSPS) is 17.8. The van der Waals surface area contributed by atoms with E-state index >= 15 is 0 Å². The van der Waals surface area contributed by atoms with Crippen LogP contribution < -0.4 is 10.0 Å². The lowest BCUT2D eigenvalue weighted by Gasteiger charge is -2.25. The van der Waals surface area contributed by atoms with Gasteiger partial charge in [0.2, 0.25) is 15.4 Å². The first-order valence-electron chi connectivity index (χ1n) is 6.54. The third-order valence-electron chi connectivity index (χ3n) is 3.50. The maximum Gasteiger partial charge on any atom is 0.269 e. The average molecular weight is 353 g/mol. The third kappa shape index (κ3) is 4.12. The van der Waals surface area contributed by atoms with Crippen LogP contribution in [-0.2, 0) is 14.8 Å². The van der Waals surface area contributed by atoms with Crippen LogP contribution in [0.15, 0.2) is 4.34 Å². The molecule has 118 valence electrons. The molecule has 0 saturated heterocycles. The highest BCUT2D eigenvalue weighted by Gasteiger charge is 2.35. The van der Waals surface area contributed by atoms with Crippen LogP contribution in [0.1, 0.15) is 32.6 Å². The van der Waals surface area contributed by atoms with Crippen molar-refractivity contribution in [3.8, 4) is 0 Å². The highest BCUT2D eigenvalue weighted by molar-refractivity contribution is 7.91. The molecule has 1 amide bonds. The summed E-state index contributed by atoms with van der Waals surface area (Å²) in [6, 6.07) is 0. The molecular formula is C11H17ClN4O3S2. The molecule has 1 heterocycles. The lowest BCUT2D eigenvalue weighted by molar-refractivity contribution is -0.114. The van der Waals surface area contributed by atoms with E-state index in [-0.39, 0.29) is 20.8 Å². The van der Waals surface area contributed by atoms with Crippen LogP contribution in [0.3, 0.4) is 0 Å². The topological polar surface area (TPSA) is 101 Å². The molecule has 10 heteroatoms. The van der Waals surface area contributed by atoms with Crippen molar-refractivity contribution < 1.29 is 13.2 Å². The number of carbonyl (C=O) groups is 1. The highest BCUT2D eigenvalue weighted by atomic mass is 35.5. The van der Waals surface area contributed by atoms with E-state index < -0.39 is 10.0 Å². The zero-order valence-electron chi connectivity index (χ0n) is 11.6. The fraction of sp³-hybridized carbons (Fsp3) is 0.727. The number of nitrogens with one attached hydrogen (secondary N) is 2. The van der Waals surface area contributed by atoms with Crippen molar-refractivity contribution in [1.29, 1.82) is 0 Å². The van der Waals surface area contributed by atoms with Crippen molar-refractivity contribution in [1.82, 2.24) is 14.9 Å². The average Bonchev–Trinajstić information content (AvgIpc) is 3.06. The Labute approximate surface area is 132 Å². The first-order chi connectivity index (χ1) is 9.87. The van der Waals surface area contributed by atoms with Crippen LogP contribution in [0.5, 0.6) is 0 Å². The maximum absolute atomic E-state index is 12.2. The van der Waals surface area contributed by atoms with Gasteiger partial charge in [-0.25, -0.2) is 13.1 Å². The Hall–Kier alpha value is -0.770. The molecule has 0 radical (unpaired) electrons. The molecule has 1 saturated carbocycles. The zero-order chi connectivity index (χ0) is 15.5. The number of carbonyl (C=O) groups excluding carboxylic acids is 1. The lowest BCUT2D eigenvalue weighted by atomic mass is 9.89. The summed E-state index contributed by atoms with van der Waals surface area (Å²) in [7, 11) is -3.73. The first-order valence-corrected chi connectivity index (χ1v) is 9.37. The summed E-state index contributed by atoms with van der Waals surface area (Å²) in [4.78, 5) is 10.9. The van der Waals surface area contributed by atoms with E-state index in [1.807, 2.05) is 0 Å². The molecule has 0 atom stereocenters. The van der Waals surface area contributed by atoms with Crippen LogP contribution >= 0.6 is 22.9 Å². The number of halogens is 1. The SMILES string of the molecule is CC(=O)Nc1nnc(S(=O)(=O)NCC2(CCl)CCCC2)s1. The monoisotopic (exact) mass is 352 g/mol. The zero-order valence-corrected chi connectivity index (χ0v) is 13.9. The van der Waals surface area contributed by atoms with Crippen molar-refractivity contribution in [3.05, 3.63) is 0 Å². The number of aromatic nitrogens is 2. The molecule has 0 spiro atoms. The summed E-state index contributed by atoms with van der Waals surface area (Å²) in [5.41, 5.74) is -0.167. The van der Waals surface area contributed by atoms with E-state index in [0.717, 1.165) is 37.0 Å². The molecule has 1 aliphatic carbocycles.